The third-order valence-corrected chi connectivity index (χ3v) is 1.95. The molecule has 0 saturated carbocycles. The molecule has 0 aliphatic carbocycles. The first-order valence-electron chi connectivity index (χ1n) is 3.97. The molecule has 0 aliphatic rings. The van der Waals surface area contributed by atoms with Crippen LogP contribution >= 0.6 is 12.4 Å². The van der Waals surface area contributed by atoms with E-state index in [1.807, 2.05) is 42.0 Å². The van der Waals surface area contributed by atoms with E-state index in [4.69, 9.17) is 5.73 Å². The maximum absolute atomic E-state index is 5.77. The molecular formula is C9H12ClN3. The van der Waals surface area contributed by atoms with Crippen LogP contribution in [0.3, 0.4) is 0 Å². The highest BCUT2D eigenvalue weighted by molar-refractivity contribution is 5.85. The highest BCUT2D eigenvalue weighted by Gasteiger charge is 2.05. The Balaban J connectivity index is 0.000000845. The van der Waals surface area contributed by atoms with Crippen LogP contribution in [0.1, 0.15) is 18.5 Å². The predicted molar refractivity (Wildman–Crippen MR) is 55.0 cm³/mol. The first-order valence-corrected chi connectivity index (χ1v) is 3.97. The summed E-state index contributed by atoms with van der Waals surface area (Å²) < 4.78 is 1.83. The molecule has 0 bridgehead atoms. The molecule has 0 aliphatic heterocycles. The smallest absolute Gasteiger partial charge is 0.0709 e. The first kappa shape index (κ1) is 10.0. The summed E-state index contributed by atoms with van der Waals surface area (Å²) in [5.41, 5.74) is 7.95. The number of fused-ring (bicyclic) bond motifs is 1. The van der Waals surface area contributed by atoms with E-state index in [0.717, 1.165) is 11.1 Å². The quantitative estimate of drug-likeness (QED) is 0.758. The molecule has 3 nitrogen and oxygen atoms in total. The molecule has 2 rings (SSSR count). The highest BCUT2D eigenvalue weighted by atomic mass is 35.5. The molecule has 0 amide bonds. The summed E-state index contributed by atoms with van der Waals surface area (Å²) in [6.45, 7) is 1.96. The zero-order valence-electron chi connectivity index (χ0n) is 7.34. The first-order chi connectivity index (χ1) is 5.79. The Bertz CT molecular complexity index is 394. The maximum atomic E-state index is 5.77. The normalized spacial score (nSPS) is 12.5. The molecule has 2 aromatic rings. The van der Waals surface area contributed by atoms with Crippen LogP contribution in [0.2, 0.25) is 0 Å². The Hall–Kier alpha value is -1.06. The van der Waals surface area contributed by atoms with Crippen molar-refractivity contribution < 1.29 is 0 Å². The van der Waals surface area contributed by atoms with Crippen LogP contribution in [0.5, 0.6) is 0 Å². The summed E-state index contributed by atoms with van der Waals surface area (Å²) in [6, 6.07) is 6.00. The Morgan fingerprint density at radius 1 is 1.46 bits per heavy atom. The lowest BCUT2D eigenvalue weighted by Crippen LogP contribution is -2.03. The number of pyridine rings is 1. The van der Waals surface area contributed by atoms with Crippen LogP contribution in [-0.4, -0.2) is 9.61 Å². The van der Waals surface area contributed by atoms with E-state index in [-0.39, 0.29) is 18.4 Å². The average Bonchev–Trinajstić information content (AvgIpc) is 2.47. The largest absolute Gasteiger partial charge is 0.324 e. The lowest BCUT2D eigenvalue weighted by Gasteiger charge is -2.00. The second-order valence-electron chi connectivity index (χ2n) is 2.92. The van der Waals surface area contributed by atoms with Crippen LogP contribution in [0.4, 0.5) is 0 Å². The van der Waals surface area contributed by atoms with Gasteiger partial charge in [0.25, 0.3) is 0 Å². The monoisotopic (exact) mass is 197 g/mol. The lowest BCUT2D eigenvalue weighted by molar-refractivity contribution is 0.826. The third-order valence-electron chi connectivity index (χ3n) is 1.95. The van der Waals surface area contributed by atoms with Crippen molar-refractivity contribution in [2.45, 2.75) is 13.0 Å². The Kier molecular flexibility index (Phi) is 2.90. The van der Waals surface area contributed by atoms with Gasteiger partial charge in [0.05, 0.1) is 11.7 Å². The van der Waals surface area contributed by atoms with Gasteiger partial charge >= 0.3 is 0 Å². The van der Waals surface area contributed by atoms with Crippen molar-refractivity contribution in [1.29, 1.82) is 0 Å². The molecule has 0 saturated heterocycles. The van der Waals surface area contributed by atoms with Crippen LogP contribution in [0.15, 0.2) is 30.6 Å². The van der Waals surface area contributed by atoms with Crippen molar-refractivity contribution in [2.24, 2.45) is 5.73 Å². The van der Waals surface area contributed by atoms with Crippen molar-refractivity contribution >= 4 is 17.9 Å². The van der Waals surface area contributed by atoms with E-state index in [0.29, 0.717) is 0 Å². The topological polar surface area (TPSA) is 43.3 Å². The Morgan fingerprint density at radius 3 is 2.92 bits per heavy atom. The summed E-state index contributed by atoms with van der Waals surface area (Å²) in [5, 5.41) is 4.18. The second kappa shape index (κ2) is 3.77. The van der Waals surface area contributed by atoms with E-state index in [1.165, 1.54) is 0 Å². The molecule has 1 atom stereocenters. The zero-order chi connectivity index (χ0) is 8.55. The van der Waals surface area contributed by atoms with E-state index >= 15 is 0 Å². The van der Waals surface area contributed by atoms with E-state index in [1.54, 1.807) is 0 Å². The fourth-order valence-corrected chi connectivity index (χ4v) is 1.31. The minimum Gasteiger partial charge on any atom is -0.324 e. The molecule has 2 aromatic heterocycles. The third kappa shape index (κ3) is 1.66. The summed E-state index contributed by atoms with van der Waals surface area (Å²) in [7, 11) is 0. The van der Waals surface area contributed by atoms with Gasteiger partial charge in [0.15, 0.2) is 0 Å². The molecule has 0 radical (unpaired) electrons. The molecular weight excluding hydrogens is 186 g/mol. The van der Waals surface area contributed by atoms with Gasteiger partial charge in [-0.05, 0) is 19.1 Å². The minimum atomic E-state index is 0. The zero-order valence-corrected chi connectivity index (χ0v) is 8.16. The van der Waals surface area contributed by atoms with Gasteiger partial charge in [-0.2, -0.15) is 5.10 Å². The number of halogens is 1. The SMILES string of the molecule is CC(N)c1cnn2ccccc12.Cl. The second-order valence-corrected chi connectivity index (χ2v) is 2.92. The van der Waals surface area contributed by atoms with E-state index < -0.39 is 0 Å². The number of rotatable bonds is 1. The maximum Gasteiger partial charge on any atom is 0.0709 e. The van der Waals surface area contributed by atoms with Crippen molar-refractivity contribution in [3.05, 3.63) is 36.2 Å². The molecule has 0 spiro atoms. The fraction of sp³-hybridized carbons (Fsp3) is 0.222. The Morgan fingerprint density at radius 2 is 2.23 bits per heavy atom. The number of hydrogen-bond acceptors (Lipinski definition) is 2. The number of nitrogens with two attached hydrogens (primary N) is 1. The summed E-state index contributed by atoms with van der Waals surface area (Å²) >= 11 is 0. The fourth-order valence-electron chi connectivity index (χ4n) is 1.31. The molecule has 70 valence electrons. The standard InChI is InChI=1S/C9H11N3.ClH/c1-7(10)8-6-11-12-5-3-2-4-9(8)12;/h2-7H,10H2,1H3;1H. The van der Waals surface area contributed by atoms with Crippen LogP contribution in [0.25, 0.3) is 5.52 Å². The number of hydrogen-bond donors (Lipinski definition) is 1. The average molecular weight is 198 g/mol. The van der Waals surface area contributed by atoms with Gasteiger partial charge in [0, 0.05) is 17.8 Å². The number of nitrogens with zero attached hydrogens (tertiary/aromatic N) is 2. The molecule has 4 heteroatoms. The van der Waals surface area contributed by atoms with Gasteiger partial charge < -0.3 is 5.73 Å². The van der Waals surface area contributed by atoms with Gasteiger partial charge in [-0.15, -0.1) is 12.4 Å². The number of aromatic nitrogens is 2. The molecule has 1 unspecified atom stereocenters. The van der Waals surface area contributed by atoms with Crippen LogP contribution in [0, 0.1) is 0 Å². The van der Waals surface area contributed by atoms with E-state index in [2.05, 4.69) is 5.10 Å². The molecule has 2 N–H and O–H groups in total. The lowest BCUT2D eigenvalue weighted by atomic mass is 10.1. The van der Waals surface area contributed by atoms with Gasteiger partial charge in [0.2, 0.25) is 0 Å². The Labute approximate surface area is 83.0 Å². The summed E-state index contributed by atoms with van der Waals surface area (Å²) in [5.74, 6) is 0. The predicted octanol–water partition coefficient (Wildman–Crippen LogP) is 1.78. The van der Waals surface area contributed by atoms with Crippen LogP contribution in [-0.2, 0) is 0 Å². The molecule has 2 heterocycles. The van der Waals surface area contributed by atoms with Crippen molar-refractivity contribution in [3.8, 4) is 0 Å². The van der Waals surface area contributed by atoms with Gasteiger partial charge in [-0.1, -0.05) is 6.07 Å². The van der Waals surface area contributed by atoms with Crippen LogP contribution < -0.4 is 5.73 Å². The minimum absolute atomic E-state index is 0. The van der Waals surface area contributed by atoms with Crippen molar-refractivity contribution in [2.75, 3.05) is 0 Å². The van der Waals surface area contributed by atoms with E-state index in [9.17, 15) is 0 Å². The van der Waals surface area contributed by atoms with Crippen molar-refractivity contribution in [3.63, 3.8) is 0 Å². The van der Waals surface area contributed by atoms with Crippen molar-refractivity contribution in [1.82, 2.24) is 9.61 Å². The van der Waals surface area contributed by atoms with Gasteiger partial charge in [-0.25, -0.2) is 4.52 Å². The van der Waals surface area contributed by atoms with Gasteiger partial charge in [0.1, 0.15) is 0 Å². The molecule has 0 fully saturated rings. The molecule has 13 heavy (non-hydrogen) atoms. The van der Waals surface area contributed by atoms with Gasteiger partial charge in [-0.3, -0.25) is 0 Å². The molecule has 0 aromatic carbocycles. The summed E-state index contributed by atoms with van der Waals surface area (Å²) in [6.07, 6.45) is 3.74. The highest BCUT2D eigenvalue weighted by Crippen LogP contribution is 2.15. The summed E-state index contributed by atoms with van der Waals surface area (Å²) in [4.78, 5) is 0.